The number of likely N-dealkylation sites (tertiary alicyclic amines) is 1. The predicted octanol–water partition coefficient (Wildman–Crippen LogP) is 2.49. The Morgan fingerprint density at radius 3 is 2.76 bits per heavy atom. The number of aryl methyl sites for hydroxylation is 1. The number of halogens is 1. The maximum Gasteiger partial charge on any atom is 0.191 e. The van der Waals surface area contributed by atoms with Crippen molar-refractivity contribution in [3.63, 3.8) is 0 Å². The lowest BCUT2D eigenvalue weighted by Gasteiger charge is -2.32. The van der Waals surface area contributed by atoms with Gasteiger partial charge in [0.2, 0.25) is 0 Å². The van der Waals surface area contributed by atoms with Crippen LogP contribution in [0.3, 0.4) is 0 Å². The first kappa shape index (κ1) is 22.6. The fraction of sp³-hybridized carbons (Fsp3) is 0.765. The van der Waals surface area contributed by atoms with Gasteiger partial charge in [-0.25, -0.2) is 9.98 Å². The zero-order chi connectivity index (χ0) is 17.2. The number of aromatic nitrogens is 1. The van der Waals surface area contributed by atoms with Crippen molar-refractivity contribution >= 4 is 41.3 Å². The highest BCUT2D eigenvalue weighted by Crippen LogP contribution is 2.12. The highest BCUT2D eigenvalue weighted by molar-refractivity contribution is 14.0. The summed E-state index contributed by atoms with van der Waals surface area (Å²) in [7, 11) is 1.76. The van der Waals surface area contributed by atoms with Gasteiger partial charge in [0, 0.05) is 44.7 Å². The van der Waals surface area contributed by atoms with Gasteiger partial charge in [0.1, 0.15) is 0 Å². The van der Waals surface area contributed by atoms with Crippen molar-refractivity contribution in [1.29, 1.82) is 0 Å². The number of piperidine rings is 1. The number of hydrogen-bond acceptors (Lipinski definition) is 5. The summed E-state index contributed by atoms with van der Waals surface area (Å²) >= 11 is 1.72. The van der Waals surface area contributed by atoms with Gasteiger partial charge in [-0.15, -0.1) is 35.3 Å². The molecule has 0 amide bonds. The van der Waals surface area contributed by atoms with Crippen LogP contribution >= 0.6 is 35.3 Å². The molecule has 1 aliphatic rings. The van der Waals surface area contributed by atoms with Gasteiger partial charge >= 0.3 is 0 Å². The largest absolute Gasteiger partial charge is 0.383 e. The van der Waals surface area contributed by atoms with Crippen molar-refractivity contribution < 1.29 is 4.74 Å². The Morgan fingerprint density at radius 1 is 1.40 bits per heavy atom. The second-order valence-electron chi connectivity index (χ2n) is 6.03. The van der Waals surface area contributed by atoms with Gasteiger partial charge in [0.05, 0.1) is 23.9 Å². The Bertz CT molecular complexity index is 503. The van der Waals surface area contributed by atoms with E-state index in [-0.39, 0.29) is 24.0 Å². The van der Waals surface area contributed by atoms with Crippen LogP contribution in [0, 0.1) is 0 Å². The molecule has 25 heavy (non-hydrogen) atoms. The van der Waals surface area contributed by atoms with E-state index in [9.17, 15) is 0 Å². The minimum Gasteiger partial charge on any atom is -0.383 e. The van der Waals surface area contributed by atoms with E-state index in [4.69, 9.17) is 9.73 Å². The van der Waals surface area contributed by atoms with E-state index in [0.29, 0.717) is 12.6 Å². The van der Waals surface area contributed by atoms with E-state index < -0.39 is 0 Å². The molecule has 2 rings (SSSR count). The summed E-state index contributed by atoms with van der Waals surface area (Å²) in [5.74, 6) is 0.902. The SMILES string of the molecule is CCNC(=NCc1csc(CC)n1)NC1CCN(CCOC)CC1.I. The number of thiazole rings is 1. The maximum absolute atomic E-state index is 5.16. The van der Waals surface area contributed by atoms with Crippen LogP contribution in [-0.2, 0) is 17.7 Å². The summed E-state index contributed by atoms with van der Waals surface area (Å²) in [6.45, 7) is 9.82. The van der Waals surface area contributed by atoms with Crippen LogP contribution < -0.4 is 10.6 Å². The molecule has 0 bridgehead atoms. The molecular formula is C17H32IN5OS. The van der Waals surface area contributed by atoms with Gasteiger partial charge in [-0.2, -0.15) is 0 Å². The average molecular weight is 481 g/mol. The second kappa shape index (κ2) is 12.8. The normalized spacial score (nSPS) is 16.5. The van der Waals surface area contributed by atoms with E-state index in [1.54, 1.807) is 18.4 Å². The molecule has 1 aromatic heterocycles. The summed E-state index contributed by atoms with van der Waals surface area (Å²) in [5.41, 5.74) is 1.06. The number of ether oxygens (including phenoxy) is 1. The molecule has 2 N–H and O–H groups in total. The molecule has 0 aliphatic carbocycles. The summed E-state index contributed by atoms with van der Waals surface area (Å²) in [6, 6.07) is 0.489. The Kier molecular flexibility index (Phi) is 11.6. The molecule has 0 atom stereocenters. The van der Waals surface area contributed by atoms with Crippen LogP contribution in [0.15, 0.2) is 10.4 Å². The number of methoxy groups -OCH3 is 1. The number of guanidine groups is 1. The molecule has 6 nitrogen and oxygen atoms in total. The molecule has 1 saturated heterocycles. The van der Waals surface area contributed by atoms with E-state index in [2.05, 4.69) is 39.7 Å². The Hall–Kier alpha value is -0.450. The zero-order valence-corrected chi connectivity index (χ0v) is 18.7. The highest BCUT2D eigenvalue weighted by Gasteiger charge is 2.19. The van der Waals surface area contributed by atoms with Crippen LogP contribution in [0.5, 0.6) is 0 Å². The summed E-state index contributed by atoms with van der Waals surface area (Å²) in [6.07, 6.45) is 3.28. The second-order valence-corrected chi connectivity index (χ2v) is 6.98. The van der Waals surface area contributed by atoms with Crippen molar-refractivity contribution in [1.82, 2.24) is 20.5 Å². The summed E-state index contributed by atoms with van der Waals surface area (Å²) in [5, 5.41) is 10.2. The molecule has 0 unspecified atom stereocenters. The minimum atomic E-state index is 0. The Morgan fingerprint density at radius 2 is 2.16 bits per heavy atom. The smallest absolute Gasteiger partial charge is 0.191 e. The predicted molar refractivity (Wildman–Crippen MR) is 116 cm³/mol. The van der Waals surface area contributed by atoms with Crippen LogP contribution in [0.4, 0.5) is 0 Å². The quantitative estimate of drug-likeness (QED) is 0.340. The van der Waals surface area contributed by atoms with Crippen molar-refractivity contribution in [2.45, 2.75) is 45.7 Å². The lowest BCUT2D eigenvalue weighted by molar-refractivity contribution is 0.128. The number of hydrogen-bond donors (Lipinski definition) is 2. The molecule has 1 aliphatic heterocycles. The molecule has 0 saturated carbocycles. The van der Waals surface area contributed by atoms with Gasteiger partial charge in [-0.1, -0.05) is 6.92 Å². The number of aliphatic imine (C=N–C) groups is 1. The summed E-state index contributed by atoms with van der Waals surface area (Å²) in [4.78, 5) is 11.7. The van der Waals surface area contributed by atoms with E-state index in [1.807, 2.05) is 0 Å². The van der Waals surface area contributed by atoms with Crippen LogP contribution in [0.2, 0.25) is 0 Å². The fourth-order valence-corrected chi connectivity index (χ4v) is 3.51. The third-order valence-corrected chi connectivity index (χ3v) is 5.23. The van der Waals surface area contributed by atoms with Gasteiger partial charge in [-0.3, -0.25) is 0 Å². The van der Waals surface area contributed by atoms with Crippen molar-refractivity contribution in [2.24, 2.45) is 4.99 Å². The number of nitrogens with zero attached hydrogens (tertiary/aromatic N) is 3. The maximum atomic E-state index is 5.16. The van der Waals surface area contributed by atoms with E-state index in [1.165, 1.54) is 5.01 Å². The van der Waals surface area contributed by atoms with Crippen LogP contribution in [-0.4, -0.2) is 61.8 Å². The third-order valence-electron chi connectivity index (χ3n) is 4.19. The van der Waals surface area contributed by atoms with Crippen molar-refractivity contribution in [3.8, 4) is 0 Å². The lowest BCUT2D eigenvalue weighted by atomic mass is 10.1. The van der Waals surface area contributed by atoms with Gasteiger partial charge in [0.15, 0.2) is 5.96 Å². The average Bonchev–Trinajstić information content (AvgIpc) is 3.07. The van der Waals surface area contributed by atoms with Crippen molar-refractivity contribution in [2.75, 3.05) is 39.9 Å². The lowest BCUT2D eigenvalue weighted by Crippen LogP contribution is -2.49. The van der Waals surface area contributed by atoms with Crippen LogP contribution in [0.1, 0.15) is 37.4 Å². The molecule has 0 aromatic carbocycles. The minimum absolute atomic E-state index is 0. The topological polar surface area (TPSA) is 61.8 Å². The van der Waals surface area contributed by atoms with E-state index in [0.717, 1.165) is 63.7 Å². The van der Waals surface area contributed by atoms with Gasteiger partial charge in [-0.05, 0) is 26.2 Å². The Balaban J connectivity index is 0.00000312. The van der Waals surface area contributed by atoms with Crippen molar-refractivity contribution in [3.05, 3.63) is 16.1 Å². The standard InChI is InChI=1S/C17H31N5OS.HI/c1-4-16-20-15(13-24-16)12-19-17(18-5-2)21-14-6-8-22(9-7-14)10-11-23-3;/h13-14H,4-12H2,1-3H3,(H2,18,19,21);1H. The molecule has 0 spiro atoms. The molecule has 144 valence electrons. The first-order valence-corrected chi connectivity index (χ1v) is 9.82. The Labute approximate surface area is 172 Å². The van der Waals surface area contributed by atoms with Gasteiger partial charge < -0.3 is 20.3 Å². The fourth-order valence-electron chi connectivity index (χ4n) is 2.78. The molecule has 0 radical (unpaired) electrons. The highest BCUT2D eigenvalue weighted by atomic mass is 127. The number of nitrogens with one attached hydrogen (secondary N) is 2. The zero-order valence-electron chi connectivity index (χ0n) is 15.6. The molecule has 1 aromatic rings. The first-order chi connectivity index (χ1) is 11.7. The third kappa shape index (κ3) is 8.19. The van der Waals surface area contributed by atoms with Gasteiger partial charge in [0.25, 0.3) is 0 Å². The van der Waals surface area contributed by atoms with E-state index >= 15 is 0 Å². The van der Waals surface area contributed by atoms with Crippen LogP contribution in [0.25, 0.3) is 0 Å². The molecule has 1 fully saturated rings. The summed E-state index contributed by atoms with van der Waals surface area (Å²) < 4.78 is 5.16. The monoisotopic (exact) mass is 481 g/mol. The molecular weight excluding hydrogens is 449 g/mol. The number of rotatable bonds is 8. The first-order valence-electron chi connectivity index (χ1n) is 8.94. The molecule has 2 heterocycles. The molecule has 8 heteroatoms.